The Morgan fingerprint density at radius 2 is 2.29 bits per heavy atom. The van der Waals surface area contributed by atoms with Gasteiger partial charge in [0.15, 0.2) is 0 Å². The summed E-state index contributed by atoms with van der Waals surface area (Å²) in [4.78, 5) is 9.27. The van der Waals surface area contributed by atoms with Gasteiger partial charge in [-0.05, 0) is 0 Å². The summed E-state index contributed by atoms with van der Waals surface area (Å²) in [7, 11) is 0. The Kier molecular flexibility index (Phi) is 8.56. The zero-order chi connectivity index (χ0) is 4.99. The van der Waals surface area contributed by atoms with E-state index in [1.807, 2.05) is 0 Å². The van der Waals surface area contributed by atoms with Crippen molar-refractivity contribution in [3.8, 4) is 6.07 Å². The van der Waals surface area contributed by atoms with Crippen LogP contribution in [0.2, 0.25) is 0 Å². The fourth-order valence-electron chi connectivity index (χ4n) is 0.0645. The zero-order valence-electron chi connectivity index (χ0n) is 3.97. The minimum absolute atomic E-state index is 0. The van der Waals surface area contributed by atoms with E-state index in [0.717, 1.165) is 0 Å². The molecular weight excluding hydrogens is 107 g/mol. The van der Waals surface area contributed by atoms with E-state index in [2.05, 4.69) is 0 Å². The molecule has 4 heteroatoms. The van der Waals surface area contributed by atoms with E-state index in [9.17, 15) is 9.90 Å². The molecule has 0 bridgehead atoms. The second-order valence-corrected chi connectivity index (χ2v) is 0.707. The molecule has 0 amide bonds. The van der Waals surface area contributed by atoms with Crippen LogP contribution in [-0.2, 0) is 4.79 Å². The molecule has 0 atom stereocenters. The van der Waals surface area contributed by atoms with Crippen LogP contribution in [0, 0.1) is 11.3 Å². The molecule has 0 aliphatic heterocycles. The Bertz CT molecular complexity index is 95.6. The summed E-state index contributed by atoms with van der Waals surface area (Å²) in [5.74, 6) is -1.32. The van der Waals surface area contributed by atoms with Gasteiger partial charge in [-0.1, -0.05) is 0 Å². The van der Waals surface area contributed by atoms with Crippen LogP contribution in [0.3, 0.4) is 0 Å². The van der Waals surface area contributed by atoms with E-state index in [1.54, 1.807) is 0 Å². The first-order valence-corrected chi connectivity index (χ1v) is 1.34. The van der Waals surface area contributed by atoms with E-state index in [0.29, 0.717) is 0 Å². The second-order valence-electron chi connectivity index (χ2n) is 0.707. The summed E-state index contributed by atoms with van der Waals surface area (Å²) >= 11 is 0. The first-order valence-electron chi connectivity index (χ1n) is 1.34. The molecule has 0 aliphatic carbocycles. The number of carbonyl (C=O) groups is 1. The number of carboxylic acid groups (broad SMARTS) is 1. The van der Waals surface area contributed by atoms with Crippen molar-refractivity contribution in [3.05, 3.63) is 0 Å². The number of carbonyl (C=O) groups excluding carboxylic acids is 1. The summed E-state index contributed by atoms with van der Waals surface area (Å²) in [5.41, 5.74) is 0. The van der Waals surface area contributed by atoms with Gasteiger partial charge in [-0.25, -0.2) is 0 Å². The smallest absolute Gasteiger partial charge is 0.549 e. The van der Waals surface area contributed by atoms with Crippen LogP contribution in [0.25, 0.3) is 0 Å². The summed E-state index contributed by atoms with van der Waals surface area (Å²) < 4.78 is 0. The van der Waals surface area contributed by atoms with Gasteiger partial charge in [0.05, 0.1) is 18.5 Å². The van der Waals surface area contributed by atoms with Gasteiger partial charge >= 0.3 is 29.6 Å². The summed E-state index contributed by atoms with van der Waals surface area (Å²) in [5, 5.41) is 16.8. The average Bonchev–Trinajstić information content (AvgIpc) is 1.35. The topological polar surface area (TPSA) is 63.9 Å². The molecule has 0 heterocycles. The van der Waals surface area contributed by atoms with E-state index in [-0.39, 0.29) is 29.6 Å². The molecular formula is C3H2NNaO2. The first kappa shape index (κ1) is 10.0. The van der Waals surface area contributed by atoms with Crippen molar-refractivity contribution >= 4 is 5.97 Å². The third-order valence-electron chi connectivity index (χ3n) is 0.223. The monoisotopic (exact) mass is 109 g/mol. The van der Waals surface area contributed by atoms with Crippen LogP contribution in [0.5, 0.6) is 0 Å². The largest absolute Gasteiger partial charge is 1.00 e. The predicted octanol–water partition coefficient (Wildman–Crippen LogP) is -4.35. The van der Waals surface area contributed by atoms with Gasteiger partial charge in [0.2, 0.25) is 0 Å². The Labute approximate surface area is 63.2 Å². The molecule has 0 aliphatic rings. The normalized spacial score (nSPS) is 5.57. The Morgan fingerprint density at radius 1 is 1.86 bits per heavy atom. The molecule has 0 aromatic carbocycles. The number of nitriles is 1. The van der Waals surface area contributed by atoms with Crippen LogP contribution in [-0.4, -0.2) is 5.97 Å². The maximum absolute atomic E-state index is 9.27. The molecule has 7 heavy (non-hydrogen) atoms. The maximum atomic E-state index is 9.27. The summed E-state index contributed by atoms with van der Waals surface area (Å²) in [6.45, 7) is 0. The van der Waals surface area contributed by atoms with Crippen LogP contribution in [0.4, 0.5) is 0 Å². The number of nitrogens with zero attached hydrogens (tertiary/aromatic N) is 1. The first-order chi connectivity index (χ1) is 2.77. The van der Waals surface area contributed by atoms with E-state index in [4.69, 9.17) is 5.26 Å². The van der Waals surface area contributed by atoms with Gasteiger partial charge in [0.25, 0.3) is 0 Å². The molecule has 0 spiro atoms. The van der Waals surface area contributed by atoms with E-state index in [1.165, 1.54) is 6.07 Å². The SMILES string of the molecule is N#C[13CH2][13C](=O)[O-].[Na+]. The van der Waals surface area contributed by atoms with Crippen molar-refractivity contribution in [3.63, 3.8) is 0 Å². The molecule has 0 fully saturated rings. The third-order valence-corrected chi connectivity index (χ3v) is 0.223. The van der Waals surface area contributed by atoms with Gasteiger partial charge < -0.3 is 9.90 Å². The molecule has 0 unspecified atom stereocenters. The van der Waals surface area contributed by atoms with Crippen molar-refractivity contribution in [1.82, 2.24) is 0 Å². The zero-order valence-corrected chi connectivity index (χ0v) is 5.97. The van der Waals surface area contributed by atoms with E-state index < -0.39 is 12.4 Å². The standard InChI is InChI=1S/C3H3NO2.Na/c4-2-1-3(5)6;/h1H2,(H,5,6);/q;+1/p-1/i1+1,3+1;. The van der Waals surface area contributed by atoms with Gasteiger partial charge in [-0.2, -0.15) is 5.26 Å². The summed E-state index contributed by atoms with van der Waals surface area (Å²) in [6, 6.07) is 1.41. The molecule has 3 nitrogen and oxygen atoms in total. The molecule has 0 saturated carbocycles. The van der Waals surface area contributed by atoms with Crippen molar-refractivity contribution in [2.75, 3.05) is 0 Å². The Balaban J connectivity index is 0. The third kappa shape index (κ3) is 10.7. The maximum Gasteiger partial charge on any atom is 1.00 e. The minimum Gasteiger partial charge on any atom is -0.549 e. The van der Waals surface area contributed by atoms with Crippen LogP contribution in [0.1, 0.15) is 6.42 Å². The van der Waals surface area contributed by atoms with Crippen LogP contribution in [0.15, 0.2) is 0 Å². The fourth-order valence-corrected chi connectivity index (χ4v) is 0.0645. The van der Waals surface area contributed by atoms with Crippen LogP contribution >= 0.6 is 0 Å². The number of hydrogen-bond acceptors (Lipinski definition) is 3. The molecule has 0 radical (unpaired) electrons. The molecule has 0 aromatic heterocycles. The Morgan fingerprint density at radius 3 is 2.29 bits per heavy atom. The van der Waals surface area contributed by atoms with Gasteiger partial charge in [-0.3, -0.25) is 0 Å². The van der Waals surface area contributed by atoms with Crippen molar-refractivity contribution in [2.24, 2.45) is 0 Å². The fraction of sp³-hybridized carbons (Fsp3) is 0.333. The predicted molar refractivity (Wildman–Crippen MR) is 15.2 cm³/mol. The molecule has 0 aromatic rings. The Hall–Kier alpha value is -0.0400. The van der Waals surface area contributed by atoms with Crippen molar-refractivity contribution < 1.29 is 39.5 Å². The van der Waals surface area contributed by atoms with Gasteiger partial charge in [0, 0.05) is 0 Å². The minimum atomic E-state index is -1.32. The number of hydrogen-bond donors (Lipinski definition) is 0. The van der Waals surface area contributed by atoms with Crippen molar-refractivity contribution in [1.29, 1.82) is 5.26 Å². The number of rotatable bonds is 1. The van der Waals surface area contributed by atoms with Crippen LogP contribution < -0.4 is 34.7 Å². The number of carboxylic acids is 1. The summed E-state index contributed by atoms with van der Waals surface area (Å²) in [6.07, 6.45) is -0.514. The second kappa shape index (κ2) is 5.96. The van der Waals surface area contributed by atoms with Gasteiger partial charge in [0.1, 0.15) is 0 Å². The van der Waals surface area contributed by atoms with E-state index >= 15 is 0 Å². The quantitative estimate of drug-likeness (QED) is 0.252. The molecule has 0 N–H and O–H groups in total. The van der Waals surface area contributed by atoms with Crippen molar-refractivity contribution in [2.45, 2.75) is 6.42 Å². The molecule has 32 valence electrons. The average molecular weight is 109 g/mol. The molecule has 0 rings (SSSR count). The number of aliphatic carboxylic acids is 1. The van der Waals surface area contributed by atoms with Gasteiger partial charge in [-0.15, -0.1) is 0 Å². The molecule has 0 saturated heterocycles.